The molecule has 0 N–H and O–H groups in total. The van der Waals surface area contributed by atoms with E-state index in [4.69, 9.17) is 9.47 Å². The molecule has 0 aromatic carbocycles. The molecular weight excluding hydrogens is 196 g/mol. The summed E-state index contributed by atoms with van der Waals surface area (Å²) in [5.41, 5.74) is -0.456. The van der Waals surface area contributed by atoms with E-state index in [-0.39, 0.29) is 24.6 Å². The van der Waals surface area contributed by atoms with Crippen molar-refractivity contribution >= 4 is 11.6 Å². The summed E-state index contributed by atoms with van der Waals surface area (Å²) in [6.45, 7) is 6.23. The van der Waals surface area contributed by atoms with Crippen LogP contribution < -0.4 is 0 Å². The minimum absolute atomic E-state index is 0.00875. The third-order valence-electron chi connectivity index (χ3n) is 1.89. The molecule has 0 aromatic heterocycles. The van der Waals surface area contributed by atoms with Gasteiger partial charge in [-0.15, -0.1) is 0 Å². The highest BCUT2D eigenvalue weighted by Crippen LogP contribution is 2.16. The second kappa shape index (κ2) is 6.69. The third kappa shape index (κ3) is 7.22. The first-order valence-corrected chi connectivity index (χ1v) is 4.99. The average Bonchev–Trinajstić information content (AvgIpc) is 2.11. The Morgan fingerprint density at radius 3 is 2.20 bits per heavy atom. The van der Waals surface area contributed by atoms with Gasteiger partial charge in [-0.25, -0.2) is 0 Å². The van der Waals surface area contributed by atoms with Crippen molar-refractivity contribution in [3.8, 4) is 0 Å². The molecule has 0 aliphatic rings. The molecule has 15 heavy (non-hydrogen) atoms. The van der Waals surface area contributed by atoms with Crippen LogP contribution in [0.2, 0.25) is 0 Å². The van der Waals surface area contributed by atoms with E-state index in [1.54, 1.807) is 27.9 Å². The Morgan fingerprint density at radius 1 is 1.13 bits per heavy atom. The van der Waals surface area contributed by atoms with E-state index in [2.05, 4.69) is 0 Å². The number of hydrogen-bond donors (Lipinski definition) is 0. The highest BCUT2D eigenvalue weighted by Gasteiger charge is 2.23. The van der Waals surface area contributed by atoms with Crippen LogP contribution in [0.15, 0.2) is 0 Å². The van der Waals surface area contributed by atoms with E-state index in [1.165, 1.54) is 0 Å². The smallest absolute Gasteiger partial charge is 0.165 e. The normalized spacial score (nSPS) is 11.5. The van der Waals surface area contributed by atoms with Gasteiger partial charge in [-0.2, -0.15) is 0 Å². The van der Waals surface area contributed by atoms with Gasteiger partial charge in [0.1, 0.15) is 12.4 Å². The number of carbonyl (C=O) groups is 2. The first-order chi connectivity index (χ1) is 6.88. The van der Waals surface area contributed by atoms with Gasteiger partial charge in [0.2, 0.25) is 0 Å². The molecule has 0 aliphatic carbocycles. The zero-order valence-corrected chi connectivity index (χ0v) is 9.96. The van der Waals surface area contributed by atoms with Crippen LogP contribution in [-0.2, 0) is 19.1 Å². The Kier molecular flexibility index (Phi) is 6.36. The van der Waals surface area contributed by atoms with Crippen LogP contribution in [-0.4, -0.2) is 38.5 Å². The van der Waals surface area contributed by atoms with Crippen LogP contribution in [0.5, 0.6) is 0 Å². The molecule has 0 unspecified atom stereocenters. The molecule has 0 fully saturated rings. The molecule has 0 radical (unpaired) electrons. The molecule has 4 nitrogen and oxygen atoms in total. The number of hydrogen-bond acceptors (Lipinski definition) is 4. The van der Waals surface area contributed by atoms with Crippen molar-refractivity contribution in [3.05, 3.63) is 0 Å². The molecule has 0 bridgehead atoms. The van der Waals surface area contributed by atoms with E-state index in [0.29, 0.717) is 13.2 Å². The van der Waals surface area contributed by atoms with Gasteiger partial charge in [0.15, 0.2) is 5.78 Å². The second-order valence-corrected chi connectivity index (χ2v) is 4.43. The summed E-state index contributed by atoms with van der Waals surface area (Å²) >= 11 is 0. The van der Waals surface area contributed by atoms with E-state index >= 15 is 0 Å². The molecule has 0 saturated heterocycles. The van der Waals surface area contributed by atoms with Gasteiger partial charge >= 0.3 is 0 Å². The van der Waals surface area contributed by atoms with Gasteiger partial charge in [0, 0.05) is 12.5 Å². The van der Waals surface area contributed by atoms with Gasteiger partial charge in [0.25, 0.3) is 0 Å². The van der Waals surface area contributed by atoms with E-state index < -0.39 is 5.41 Å². The maximum atomic E-state index is 11.5. The number of rotatable bonds is 7. The van der Waals surface area contributed by atoms with Gasteiger partial charge in [0.05, 0.1) is 19.6 Å². The van der Waals surface area contributed by atoms with Gasteiger partial charge in [-0.1, -0.05) is 20.8 Å². The fraction of sp³-hybridized carbons (Fsp3) is 0.818. The molecular formula is C11H20O4. The Hall–Kier alpha value is -0.740. The van der Waals surface area contributed by atoms with Crippen molar-refractivity contribution in [3.63, 3.8) is 0 Å². The van der Waals surface area contributed by atoms with Crippen molar-refractivity contribution in [1.82, 2.24) is 0 Å². The van der Waals surface area contributed by atoms with Crippen LogP contribution in [0, 0.1) is 5.41 Å². The maximum Gasteiger partial charge on any atom is 0.165 e. The summed E-state index contributed by atoms with van der Waals surface area (Å²) < 4.78 is 9.78. The number of methoxy groups -OCH3 is 1. The Balaban J connectivity index is 3.71. The van der Waals surface area contributed by atoms with Gasteiger partial charge in [-0.05, 0) is 0 Å². The van der Waals surface area contributed by atoms with E-state index in [0.717, 1.165) is 0 Å². The van der Waals surface area contributed by atoms with Crippen molar-refractivity contribution in [2.75, 3.05) is 26.9 Å². The van der Waals surface area contributed by atoms with Crippen LogP contribution in [0.25, 0.3) is 0 Å². The van der Waals surface area contributed by atoms with Crippen molar-refractivity contribution in [2.24, 2.45) is 5.41 Å². The predicted molar refractivity (Wildman–Crippen MR) is 56.8 cm³/mol. The topological polar surface area (TPSA) is 52.6 Å². The molecule has 4 heteroatoms. The average molecular weight is 216 g/mol. The number of ether oxygens (including phenoxy) is 2. The van der Waals surface area contributed by atoms with Crippen LogP contribution >= 0.6 is 0 Å². The molecule has 0 saturated carbocycles. The third-order valence-corrected chi connectivity index (χ3v) is 1.89. The lowest BCUT2D eigenvalue weighted by Crippen LogP contribution is -2.25. The number of Topliss-reactive ketones (excluding diaryl/α,β-unsaturated/α-hetero) is 2. The molecule has 0 atom stereocenters. The molecule has 0 aromatic rings. The van der Waals surface area contributed by atoms with Gasteiger partial charge in [-0.3, -0.25) is 9.59 Å². The largest absolute Gasteiger partial charge is 0.382 e. The highest BCUT2D eigenvalue weighted by atomic mass is 16.5. The molecule has 0 amide bonds. The van der Waals surface area contributed by atoms with Crippen LogP contribution in [0.4, 0.5) is 0 Å². The Morgan fingerprint density at radius 2 is 1.73 bits per heavy atom. The van der Waals surface area contributed by atoms with Crippen LogP contribution in [0.3, 0.4) is 0 Å². The fourth-order valence-corrected chi connectivity index (χ4v) is 0.824. The van der Waals surface area contributed by atoms with Gasteiger partial charge < -0.3 is 9.47 Å². The monoisotopic (exact) mass is 216 g/mol. The number of carbonyl (C=O) groups excluding carboxylic acids is 2. The summed E-state index contributed by atoms with van der Waals surface area (Å²) in [4.78, 5) is 22.7. The highest BCUT2D eigenvalue weighted by molar-refractivity contribution is 6.01. The second-order valence-electron chi connectivity index (χ2n) is 4.43. The number of ketones is 2. The Labute approximate surface area is 90.9 Å². The van der Waals surface area contributed by atoms with E-state index in [1.807, 2.05) is 0 Å². The minimum Gasteiger partial charge on any atom is -0.382 e. The first kappa shape index (κ1) is 14.3. The molecule has 88 valence electrons. The first-order valence-electron chi connectivity index (χ1n) is 4.99. The molecule has 0 aliphatic heterocycles. The standard InChI is InChI=1S/C11H20O4/c1-11(2,3)10(13)7-9(12)8-15-6-5-14-4/h5-8H2,1-4H3. The molecule has 0 spiro atoms. The summed E-state index contributed by atoms with van der Waals surface area (Å²) in [5.74, 6) is -0.228. The van der Waals surface area contributed by atoms with Crippen molar-refractivity contribution in [1.29, 1.82) is 0 Å². The zero-order chi connectivity index (χ0) is 11.9. The summed E-state index contributed by atoms with van der Waals surface area (Å²) in [6.07, 6.45) is -0.0452. The Bertz CT molecular complexity index is 215. The minimum atomic E-state index is -0.456. The maximum absolute atomic E-state index is 11.5. The summed E-state index contributed by atoms with van der Waals surface area (Å²) in [5, 5.41) is 0. The van der Waals surface area contributed by atoms with Crippen LogP contribution in [0.1, 0.15) is 27.2 Å². The predicted octanol–water partition coefficient (Wildman–Crippen LogP) is 1.22. The fourth-order valence-electron chi connectivity index (χ4n) is 0.824. The quantitative estimate of drug-likeness (QED) is 0.474. The molecule has 0 rings (SSSR count). The lowest BCUT2D eigenvalue weighted by molar-refractivity contribution is -0.133. The summed E-state index contributed by atoms with van der Waals surface area (Å²) in [6, 6.07) is 0. The van der Waals surface area contributed by atoms with E-state index in [9.17, 15) is 9.59 Å². The lowest BCUT2D eigenvalue weighted by Gasteiger charge is -2.15. The van der Waals surface area contributed by atoms with Crippen molar-refractivity contribution < 1.29 is 19.1 Å². The lowest BCUT2D eigenvalue weighted by atomic mass is 9.88. The summed E-state index contributed by atoms with van der Waals surface area (Å²) in [7, 11) is 1.56. The molecule has 0 heterocycles. The SMILES string of the molecule is COCCOCC(=O)CC(=O)C(C)(C)C. The van der Waals surface area contributed by atoms with Crippen molar-refractivity contribution in [2.45, 2.75) is 27.2 Å². The zero-order valence-electron chi connectivity index (χ0n) is 9.96.